The Morgan fingerprint density at radius 3 is 2.57 bits per heavy atom. The molecule has 1 atom stereocenters. The molecule has 1 heterocycles. The van der Waals surface area contributed by atoms with Crippen molar-refractivity contribution in [3.63, 3.8) is 0 Å². The van der Waals surface area contributed by atoms with E-state index in [4.69, 9.17) is 23.2 Å². The van der Waals surface area contributed by atoms with Crippen LogP contribution in [0.15, 0.2) is 18.2 Å². The van der Waals surface area contributed by atoms with Crippen LogP contribution in [-0.2, 0) is 18.6 Å². The van der Waals surface area contributed by atoms with E-state index in [9.17, 15) is 9.50 Å². The molecule has 0 fully saturated rings. The van der Waals surface area contributed by atoms with Crippen LogP contribution >= 0.6 is 23.2 Å². The SMILES string of the molecule is CCn1nc(C)cc1CC(C)(O)c1cc(F)c(Cl)cc1Cl. The molecule has 0 radical (unpaired) electrons. The first-order valence-corrected chi connectivity index (χ1v) is 7.41. The lowest BCUT2D eigenvalue weighted by Crippen LogP contribution is -2.26. The fraction of sp³-hybridized carbons (Fsp3) is 0.400. The van der Waals surface area contributed by atoms with Crippen LogP contribution in [0.4, 0.5) is 4.39 Å². The van der Waals surface area contributed by atoms with Gasteiger partial charge < -0.3 is 5.11 Å². The molecule has 0 saturated heterocycles. The number of halogens is 3. The number of rotatable bonds is 4. The second-order valence-corrected chi connectivity index (χ2v) is 6.10. The molecule has 1 aromatic heterocycles. The Balaban J connectivity index is 2.40. The molecule has 3 nitrogen and oxygen atoms in total. The minimum Gasteiger partial charge on any atom is -0.385 e. The number of hydrogen-bond donors (Lipinski definition) is 1. The Bertz CT molecular complexity index is 668. The van der Waals surface area contributed by atoms with Crippen molar-refractivity contribution in [2.45, 2.75) is 39.3 Å². The van der Waals surface area contributed by atoms with E-state index in [1.165, 1.54) is 12.1 Å². The van der Waals surface area contributed by atoms with Crippen molar-refractivity contribution >= 4 is 23.2 Å². The molecule has 2 aromatic rings. The van der Waals surface area contributed by atoms with Crippen LogP contribution in [0.5, 0.6) is 0 Å². The average Bonchev–Trinajstić information content (AvgIpc) is 2.72. The van der Waals surface area contributed by atoms with Gasteiger partial charge in [-0.15, -0.1) is 0 Å². The molecule has 6 heteroatoms. The molecule has 114 valence electrons. The first kappa shape index (κ1) is 16.3. The summed E-state index contributed by atoms with van der Waals surface area (Å²) >= 11 is 11.8. The van der Waals surface area contributed by atoms with Gasteiger partial charge in [-0.2, -0.15) is 5.10 Å². The van der Waals surface area contributed by atoms with Gasteiger partial charge in [-0.1, -0.05) is 23.2 Å². The summed E-state index contributed by atoms with van der Waals surface area (Å²) in [5, 5.41) is 15.2. The molecule has 0 spiro atoms. The first-order chi connectivity index (χ1) is 9.74. The number of nitrogens with zero attached hydrogens (tertiary/aromatic N) is 2. The molecule has 0 aliphatic rings. The zero-order valence-corrected chi connectivity index (χ0v) is 13.6. The van der Waals surface area contributed by atoms with Crippen LogP contribution in [0, 0.1) is 12.7 Å². The Morgan fingerprint density at radius 2 is 1.95 bits per heavy atom. The molecule has 0 aliphatic carbocycles. The van der Waals surface area contributed by atoms with Gasteiger partial charge in [-0.3, -0.25) is 4.68 Å². The second kappa shape index (κ2) is 5.95. The van der Waals surface area contributed by atoms with Crippen LogP contribution in [-0.4, -0.2) is 14.9 Å². The fourth-order valence-corrected chi connectivity index (χ4v) is 2.99. The van der Waals surface area contributed by atoms with Crippen LogP contribution in [0.2, 0.25) is 10.0 Å². The van der Waals surface area contributed by atoms with Gasteiger partial charge in [-0.25, -0.2) is 4.39 Å². The third kappa shape index (κ3) is 3.39. The molecule has 0 aliphatic heterocycles. The minimum absolute atomic E-state index is 0.0611. The summed E-state index contributed by atoms with van der Waals surface area (Å²) in [4.78, 5) is 0. The van der Waals surface area contributed by atoms with Gasteiger partial charge in [0.15, 0.2) is 0 Å². The van der Waals surface area contributed by atoms with E-state index in [-0.39, 0.29) is 16.5 Å². The summed E-state index contributed by atoms with van der Waals surface area (Å²) in [6.07, 6.45) is 0.280. The maximum Gasteiger partial charge on any atom is 0.142 e. The molecule has 0 amide bonds. The minimum atomic E-state index is -1.32. The van der Waals surface area contributed by atoms with Crippen molar-refractivity contribution in [1.82, 2.24) is 9.78 Å². The normalized spacial score (nSPS) is 14.2. The van der Waals surface area contributed by atoms with Crippen molar-refractivity contribution in [2.75, 3.05) is 0 Å². The molecule has 2 rings (SSSR count). The molecular weight excluding hydrogens is 314 g/mol. The van der Waals surface area contributed by atoms with E-state index in [1.54, 1.807) is 6.92 Å². The molecule has 1 N–H and O–H groups in total. The number of aryl methyl sites for hydroxylation is 2. The third-order valence-corrected chi connectivity index (χ3v) is 4.00. The van der Waals surface area contributed by atoms with Crippen molar-refractivity contribution in [3.05, 3.63) is 51.0 Å². The highest BCUT2D eigenvalue weighted by atomic mass is 35.5. The van der Waals surface area contributed by atoms with Gasteiger partial charge in [0.25, 0.3) is 0 Å². The maximum absolute atomic E-state index is 13.7. The predicted molar refractivity (Wildman–Crippen MR) is 82.3 cm³/mol. The molecular formula is C15H17Cl2FN2O. The molecule has 0 bridgehead atoms. The Labute approximate surface area is 133 Å². The number of aliphatic hydroxyl groups is 1. The van der Waals surface area contributed by atoms with E-state index in [1.807, 2.05) is 24.6 Å². The van der Waals surface area contributed by atoms with E-state index < -0.39 is 11.4 Å². The van der Waals surface area contributed by atoms with E-state index in [0.29, 0.717) is 12.1 Å². The van der Waals surface area contributed by atoms with Crippen molar-refractivity contribution in [3.8, 4) is 0 Å². The fourth-order valence-electron chi connectivity index (χ4n) is 2.40. The van der Waals surface area contributed by atoms with Crippen LogP contribution in [0.25, 0.3) is 0 Å². The molecule has 1 unspecified atom stereocenters. The second-order valence-electron chi connectivity index (χ2n) is 5.29. The highest BCUT2D eigenvalue weighted by molar-refractivity contribution is 6.35. The number of aromatic nitrogens is 2. The van der Waals surface area contributed by atoms with Gasteiger partial charge in [0, 0.05) is 29.2 Å². The predicted octanol–water partition coefficient (Wildman–Crippen LogP) is 4.11. The Kier molecular flexibility index (Phi) is 4.61. The highest BCUT2D eigenvalue weighted by Gasteiger charge is 2.29. The Morgan fingerprint density at radius 1 is 1.29 bits per heavy atom. The van der Waals surface area contributed by atoms with Crippen LogP contribution in [0.1, 0.15) is 30.8 Å². The lowest BCUT2D eigenvalue weighted by atomic mass is 9.90. The third-order valence-electron chi connectivity index (χ3n) is 3.40. The van der Waals surface area contributed by atoms with Gasteiger partial charge >= 0.3 is 0 Å². The summed E-state index contributed by atoms with van der Waals surface area (Å²) < 4.78 is 15.5. The number of benzene rings is 1. The first-order valence-electron chi connectivity index (χ1n) is 6.65. The standard InChI is InChI=1S/C15H17Cl2FN2O/c1-4-20-10(5-9(2)19-20)8-15(3,21)11-6-14(18)13(17)7-12(11)16/h5-7,21H,4,8H2,1-3H3. The smallest absolute Gasteiger partial charge is 0.142 e. The molecule has 0 saturated carbocycles. The Hall–Kier alpha value is -1.10. The zero-order chi connectivity index (χ0) is 15.8. The maximum atomic E-state index is 13.7. The average molecular weight is 331 g/mol. The summed E-state index contributed by atoms with van der Waals surface area (Å²) in [6.45, 7) is 6.16. The van der Waals surface area contributed by atoms with Gasteiger partial charge in [0.2, 0.25) is 0 Å². The zero-order valence-electron chi connectivity index (χ0n) is 12.1. The van der Waals surface area contributed by atoms with Crippen molar-refractivity contribution < 1.29 is 9.50 Å². The topological polar surface area (TPSA) is 38.0 Å². The van der Waals surface area contributed by atoms with Crippen LogP contribution in [0.3, 0.4) is 0 Å². The summed E-state index contributed by atoms with van der Waals surface area (Å²) in [5.41, 5.74) is 0.733. The van der Waals surface area contributed by atoms with E-state index >= 15 is 0 Å². The monoisotopic (exact) mass is 330 g/mol. The van der Waals surface area contributed by atoms with Crippen molar-refractivity contribution in [2.24, 2.45) is 0 Å². The summed E-state index contributed by atoms with van der Waals surface area (Å²) in [5.74, 6) is -0.600. The quantitative estimate of drug-likeness (QED) is 0.857. The summed E-state index contributed by atoms with van der Waals surface area (Å²) in [6, 6.07) is 4.40. The van der Waals surface area contributed by atoms with Gasteiger partial charge in [-0.05, 0) is 39.0 Å². The van der Waals surface area contributed by atoms with Gasteiger partial charge in [0.05, 0.1) is 16.3 Å². The van der Waals surface area contributed by atoms with Gasteiger partial charge in [0.1, 0.15) is 5.82 Å². The lowest BCUT2D eigenvalue weighted by Gasteiger charge is -2.25. The van der Waals surface area contributed by atoms with E-state index in [2.05, 4.69) is 5.10 Å². The largest absolute Gasteiger partial charge is 0.385 e. The van der Waals surface area contributed by atoms with Crippen molar-refractivity contribution in [1.29, 1.82) is 0 Å². The highest BCUT2D eigenvalue weighted by Crippen LogP contribution is 2.34. The molecule has 1 aromatic carbocycles. The van der Waals surface area contributed by atoms with Crippen LogP contribution < -0.4 is 0 Å². The molecule has 21 heavy (non-hydrogen) atoms. The van der Waals surface area contributed by atoms with E-state index in [0.717, 1.165) is 11.4 Å². The summed E-state index contributed by atoms with van der Waals surface area (Å²) in [7, 11) is 0. The lowest BCUT2D eigenvalue weighted by molar-refractivity contribution is 0.0552. The number of hydrogen-bond acceptors (Lipinski definition) is 2.